The predicted octanol–water partition coefficient (Wildman–Crippen LogP) is 3.24. The zero-order valence-corrected chi connectivity index (χ0v) is 18.4. The van der Waals surface area contributed by atoms with E-state index >= 15 is 0 Å². The van der Waals surface area contributed by atoms with Crippen LogP contribution in [0.1, 0.15) is 12.0 Å². The van der Waals surface area contributed by atoms with Crippen LogP contribution in [0.5, 0.6) is 0 Å². The highest BCUT2D eigenvalue weighted by Gasteiger charge is 2.39. The standard InChI is InChI=1S/C24H24FN3O3S/c1-16-2-8-20(9-3-16)32(30,31)27-11-10-17-12-24-21(23(15-29)22(17)14-27)13-26-28(24)19-6-4-18(25)5-7-19/h2-9,12-13,23,26,29H,10-11,14-15H2,1H3/t23-/m0/s1. The minimum atomic E-state index is -3.63. The van der Waals surface area contributed by atoms with Gasteiger partial charge in [-0.15, -0.1) is 0 Å². The van der Waals surface area contributed by atoms with Crippen LogP contribution in [0.15, 0.2) is 88.1 Å². The third-order valence-corrected chi connectivity index (χ3v) is 8.17. The predicted molar refractivity (Wildman–Crippen MR) is 120 cm³/mol. The summed E-state index contributed by atoms with van der Waals surface area (Å²) in [5.41, 5.74) is 8.73. The van der Waals surface area contributed by atoms with Gasteiger partial charge in [-0.25, -0.2) is 12.8 Å². The molecule has 3 aliphatic rings. The Labute approximate surface area is 187 Å². The third kappa shape index (κ3) is 3.44. The van der Waals surface area contributed by atoms with Gasteiger partial charge < -0.3 is 10.5 Å². The number of nitrogens with zero attached hydrogens (tertiary/aromatic N) is 2. The molecule has 32 heavy (non-hydrogen) atoms. The lowest BCUT2D eigenvalue weighted by Crippen LogP contribution is -2.40. The van der Waals surface area contributed by atoms with Crippen LogP contribution in [-0.2, 0) is 10.0 Å². The highest BCUT2D eigenvalue weighted by Crippen LogP contribution is 2.42. The average molecular weight is 454 g/mol. The molecule has 1 aliphatic carbocycles. The second-order valence-corrected chi connectivity index (χ2v) is 10.2. The number of allylic oxidation sites excluding steroid dienone is 2. The summed E-state index contributed by atoms with van der Waals surface area (Å²) in [7, 11) is -3.63. The largest absolute Gasteiger partial charge is 0.395 e. The van der Waals surface area contributed by atoms with E-state index in [1.54, 1.807) is 36.4 Å². The first-order chi connectivity index (χ1) is 15.4. The van der Waals surface area contributed by atoms with Crippen LogP contribution >= 0.6 is 0 Å². The average Bonchev–Trinajstić information content (AvgIpc) is 3.21. The van der Waals surface area contributed by atoms with Crippen molar-refractivity contribution in [1.29, 1.82) is 0 Å². The summed E-state index contributed by atoms with van der Waals surface area (Å²) in [6.45, 7) is 2.42. The van der Waals surface area contributed by atoms with Crippen molar-refractivity contribution in [1.82, 2.24) is 9.73 Å². The number of aryl methyl sites for hydroxylation is 1. The number of hydrogen-bond acceptors (Lipinski definition) is 5. The number of fused-ring (bicyclic) bond motifs is 1. The van der Waals surface area contributed by atoms with Crippen molar-refractivity contribution >= 4 is 15.7 Å². The van der Waals surface area contributed by atoms with Crippen molar-refractivity contribution in [2.24, 2.45) is 5.92 Å². The van der Waals surface area contributed by atoms with E-state index in [2.05, 4.69) is 5.43 Å². The molecule has 0 aromatic heterocycles. The molecule has 0 saturated carbocycles. The number of nitrogens with one attached hydrogen (secondary N) is 1. The molecule has 6 nitrogen and oxygen atoms in total. The first kappa shape index (κ1) is 20.9. The summed E-state index contributed by atoms with van der Waals surface area (Å²) < 4.78 is 41.3. The number of halogens is 1. The van der Waals surface area contributed by atoms with Gasteiger partial charge in [0.05, 0.1) is 22.9 Å². The molecule has 2 aromatic carbocycles. The van der Waals surface area contributed by atoms with E-state index in [4.69, 9.17) is 0 Å². The van der Waals surface area contributed by atoms with Crippen LogP contribution < -0.4 is 10.4 Å². The molecule has 2 aliphatic heterocycles. The van der Waals surface area contributed by atoms with Gasteiger partial charge in [0.15, 0.2) is 0 Å². The molecule has 1 atom stereocenters. The molecule has 0 spiro atoms. The van der Waals surface area contributed by atoms with Gasteiger partial charge in [0, 0.05) is 30.8 Å². The van der Waals surface area contributed by atoms with Gasteiger partial charge in [-0.2, -0.15) is 4.31 Å². The summed E-state index contributed by atoms with van der Waals surface area (Å²) in [5.74, 6) is -0.613. The maximum Gasteiger partial charge on any atom is 0.243 e. The molecule has 5 rings (SSSR count). The number of hydrazine groups is 1. The Morgan fingerprint density at radius 2 is 1.84 bits per heavy atom. The van der Waals surface area contributed by atoms with Gasteiger partial charge >= 0.3 is 0 Å². The molecule has 166 valence electrons. The second-order valence-electron chi connectivity index (χ2n) is 8.26. The molecule has 2 N–H and O–H groups in total. The van der Waals surface area contributed by atoms with E-state index in [1.807, 2.05) is 24.2 Å². The topological polar surface area (TPSA) is 72.9 Å². The zero-order chi connectivity index (χ0) is 22.5. The van der Waals surface area contributed by atoms with Crippen LogP contribution in [-0.4, -0.2) is 37.5 Å². The van der Waals surface area contributed by atoms with Crippen LogP contribution in [0.4, 0.5) is 10.1 Å². The minimum absolute atomic E-state index is 0.126. The molecular weight excluding hydrogens is 429 g/mol. The van der Waals surface area contributed by atoms with Gasteiger partial charge in [0.1, 0.15) is 5.82 Å². The lowest BCUT2D eigenvalue weighted by Gasteiger charge is -2.37. The molecular formula is C24H24FN3O3S. The van der Waals surface area contributed by atoms with E-state index in [0.29, 0.717) is 13.0 Å². The fourth-order valence-electron chi connectivity index (χ4n) is 4.54. The second kappa shape index (κ2) is 7.88. The number of anilines is 1. The Bertz CT molecular complexity index is 1250. The van der Waals surface area contributed by atoms with Gasteiger partial charge in [-0.05, 0) is 67.0 Å². The third-order valence-electron chi connectivity index (χ3n) is 6.31. The van der Waals surface area contributed by atoms with E-state index in [1.165, 1.54) is 16.4 Å². The Balaban J connectivity index is 1.47. The fourth-order valence-corrected chi connectivity index (χ4v) is 5.96. The summed E-state index contributed by atoms with van der Waals surface area (Å²) in [4.78, 5) is 0.281. The monoisotopic (exact) mass is 453 g/mol. The quantitative estimate of drug-likeness (QED) is 0.744. The van der Waals surface area contributed by atoms with Crippen LogP contribution in [0.3, 0.4) is 0 Å². The Kier molecular flexibility index (Phi) is 5.16. The Hall–Kier alpha value is -2.94. The maximum absolute atomic E-state index is 13.4. The summed E-state index contributed by atoms with van der Waals surface area (Å²) in [6, 6.07) is 13.1. The summed E-state index contributed by atoms with van der Waals surface area (Å²) in [5, 5.41) is 12.1. The van der Waals surface area contributed by atoms with Crippen molar-refractivity contribution < 1.29 is 17.9 Å². The van der Waals surface area contributed by atoms with Crippen molar-refractivity contribution in [3.8, 4) is 0 Å². The van der Waals surface area contributed by atoms with Gasteiger partial charge in [-0.1, -0.05) is 17.7 Å². The van der Waals surface area contributed by atoms with Crippen molar-refractivity contribution in [3.05, 3.63) is 94.6 Å². The number of sulfonamides is 1. The van der Waals surface area contributed by atoms with E-state index in [9.17, 15) is 17.9 Å². The van der Waals surface area contributed by atoms with Gasteiger partial charge in [-0.3, -0.25) is 5.01 Å². The number of aliphatic hydroxyl groups is 1. The molecule has 0 radical (unpaired) electrons. The first-order valence-corrected chi connectivity index (χ1v) is 12.0. The zero-order valence-electron chi connectivity index (χ0n) is 17.6. The minimum Gasteiger partial charge on any atom is -0.395 e. The molecule has 0 saturated heterocycles. The number of aliphatic hydroxyl groups excluding tert-OH is 1. The number of rotatable bonds is 4. The maximum atomic E-state index is 13.4. The number of benzene rings is 2. The van der Waals surface area contributed by atoms with E-state index in [0.717, 1.165) is 33.7 Å². The number of hydrogen-bond donors (Lipinski definition) is 2. The molecule has 8 heteroatoms. The lowest BCUT2D eigenvalue weighted by atomic mass is 9.80. The Morgan fingerprint density at radius 3 is 2.53 bits per heavy atom. The summed E-state index contributed by atoms with van der Waals surface area (Å²) in [6.07, 6.45) is 4.44. The summed E-state index contributed by atoms with van der Waals surface area (Å²) >= 11 is 0. The van der Waals surface area contributed by atoms with Crippen molar-refractivity contribution in [3.63, 3.8) is 0 Å². The van der Waals surface area contributed by atoms with Gasteiger partial charge in [0.25, 0.3) is 0 Å². The SMILES string of the molecule is Cc1ccc(S(=O)(=O)N2CCC3=C(C2)[C@@H](CO)C2=CNN(c4ccc(F)cc4)C2=C3)cc1. The molecule has 0 bridgehead atoms. The molecule has 2 aromatic rings. The normalized spacial score (nSPS) is 21.0. The fraction of sp³-hybridized carbons (Fsp3) is 0.250. The van der Waals surface area contributed by atoms with E-state index in [-0.39, 0.29) is 29.8 Å². The Morgan fingerprint density at radius 1 is 1.12 bits per heavy atom. The van der Waals surface area contributed by atoms with Crippen molar-refractivity contribution in [2.45, 2.75) is 18.2 Å². The molecule has 0 unspecified atom stereocenters. The van der Waals surface area contributed by atoms with Crippen LogP contribution in [0.2, 0.25) is 0 Å². The molecule has 0 amide bonds. The highest BCUT2D eigenvalue weighted by molar-refractivity contribution is 7.89. The molecule has 0 fully saturated rings. The smallest absolute Gasteiger partial charge is 0.243 e. The molecule has 2 heterocycles. The van der Waals surface area contributed by atoms with Crippen molar-refractivity contribution in [2.75, 3.05) is 24.7 Å². The van der Waals surface area contributed by atoms with Crippen LogP contribution in [0, 0.1) is 18.7 Å². The first-order valence-electron chi connectivity index (χ1n) is 10.5. The van der Waals surface area contributed by atoms with Crippen LogP contribution in [0.25, 0.3) is 0 Å². The van der Waals surface area contributed by atoms with Gasteiger partial charge in [0.2, 0.25) is 10.0 Å². The van der Waals surface area contributed by atoms with E-state index < -0.39 is 10.0 Å². The lowest BCUT2D eigenvalue weighted by molar-refractivity contribution is 0.255. The highest BCUT2D eigenvalue weighted by atomic mass is 32.2.